The van der Waals surface area contributed by atoms with Crippen molar-refractivity contribution in [3.63, 3.8) is 0 Å². The molecule has 2 heterocycles. The van der Waals surface area contributed by atoms with Crippen LogP contribution in [0.1, 0.15) is 67.9 Å². The van der Waals surface area contributed by atoms with E-state index < -0.39 is 10.0 Å². The molecular weight excluding hydrogens is 516 g/mol. The number of fused-ring (bicyclic) bond motifs is 1. The maximum atomic E-state index is 13.8. The summed E-state index contributed by atoms with van der Waals surface area (Å²) in [5.74, 6) is 0.0481. The topological polar surface area (TPSA) is 83.5 Å². The molecule has 2 aromatic carbocycles. The highest BCUT2D eigenvalue weighted by atomic mass is 32.2. The predicted octanol–water partition coefficient (Wildman–Crippen LogP) is 6.47. The minimum absolute atomic E-state index is 0.187. The number of pyridine rings is 1. The van der Waals surface area contributed by atoms with Crippen LogP contribution in [-0.4, -0.2) is 41.7 Å². The Morgan fingerprint density at radius 1 is 1.03 bits per heavy atom. The van der Waals surface area contributed by atoms with Gasteiger partial charge in [-0.1, -0.05) is 63.7 Å². The molecule has 2 aromatic heterocycles. The number of para-hydroxylation sites is 1. The SMILES string of the molecule is CCCCN(CC)S(=O)(=O)c1ccc(C(=O)N(Cc2cccnc2)c2nc3c(C(C)C)cccc3s2)cc1. The van der Waals surface area contributed by atoms with Crippen LogP contribution in [0.3, 0.4) is 0 Å². The number of anilines is 1. The normalized spacial score (nSPS) is 11.9. The van der Waals surface area contributed by atoms with Crippen LogP contribution in [0.25, 0.3) is 10.2 Å². The first kappa shape index (κ1) is 27.9. The molecule has 9 heteroatoms. The summed E-state index contributed by atoms with van der Waals surface area (Å²) in [6.07, 6.45) is 5.14. The van der Waals surface area contributed by atoms with Crippen molar-refractivity contribution in [1.82, 2.24) is 14.3 Å². The van der Waals surface area contributed by atoms with Gasteiger partial charge in [0.2, 0.25) is 10.0 Å². The number of nitrogens with zero attached hydrogens (tertiary/aromatic N) is 4. The Labute approximate surface area is 229 Å². The number of carbonyl (C=O) groups excluding carboxylic acids is 1. The highest BCUT2D eigenvalue weighted by molar-refractivity contribution is 7.89. The zero-order valence-electron chi connectivity index (χ0n) is 22.3. The molecule has 0 bridgehead atoms. The van der Waals surface area contributed by atoms with E-state index in [0.717, 1.165) is 34.2 Å². The first-order valence-electron chi connectivity index (χ1n) is 13.0. The highest BCUT2D eigenvalue weighted by Crippen LogP contribution is 2.35. The fraction of sp³-hybridized carbons (Fsp3) is 0.345. The van der Waals surface area contributed by atoms with Gasteiger partial charge in [-0.05, 0) is 59.9 Å². The summed E-state index contributed by atoms with van der Waals surface area (Å²) in [5, 5.41) is 0.593. The molecule has 0 saturated heterocycles. The summed E-state index contributed by atoms with van der Waals surface area (Å²) in [5.41, 5.74) is 3.31. The third-order valence-electron chi connectivity index (χ3n) is 6.45. The van der Waals surface area contributed by atoms with Gasteiger partial charge in [-0.2, -0.15) is 4.31 Å². The standard InChI is InChI=1S/C29H34N4O3S2/c1-5-7-18-32(6-2)38(35,36)24-15-13-23(14-16-24)28(34)33(20-22-10-9-17-30-19-22)29-31-27-25(21(3)4)11-8-12-26(27)37-29/h8-17,19,21H,5-7,18,20H2,1-4H3. The smallest absolute Gasteiger partial charge is 0.260 e. The third-order valence-corrected chi connectivity index (χ3v) is 9.49. The van der Waals surface area contributed by atoms with E-state index in [1.54, 1.807) is 29.4 Å². The number of benzene rings is 2. The van der Waals surface area contributed by atoms with Crippen LogP contribution in [0.4, 0.5) is 5.13 Å². The molecular formula is C29H34N4O3S2. The molecule has 38 heavy (non-hydrogen) atoms. The molecule has 4 aromatic rings. The van der Waals surface area contributed by atoms with Crippen molar-refractivity contribution in [1.29, 1.82) is 0 Å². The molecule has 1 amide bonds. The lowest BCUT2D eigenvalue weighted by molar-refractivity contribution is 0.0985. The largest absolute Gasteiger partial charge is 0.279 e. The third kappa shape index (κ3) is 5.95. The van der Waals surface area contributed by atoms with E-state index in [4.69, 9.17) is 4.98 Å². The first-order chi connectivity index (χ1) is 18.3. The fourth-order valence-electron chi connectivity index (χ4n) is 4.30. The van der Waals surface area contributed by atoms with Gasteiger partial charge in [0, 0.05) is 31.0 Å². The van der Waals surface area contributed by atoms with E-state index in [2.05, 4.69) is 24.9 Å². The number of sulfonamides is 1. The van der Waals surface area contributed by atoms with Gasteiger partial charge in [0.05, 0.1) is 21.7 Å². The molecule has 0 radical (unpaired) electrons. The molecule has 0 atom stereocenters. The molecule has 0 aliphatic rings. The van der Waals surface area contributed by atoms with Crippen molar-refractivity contribution < 1.29 is 13.2 Å². The van der Waals surface area contributed by atoms with Crippen molar-refractivity contribution in [2.24, 2.45) is 0 Å². The summed E-state index contributed by atoms with van der Waals surface area (Å²) in [4.78, 5) is 24.8. The highest BCUT2D eigenvalue weighted by Gasteiger charge is 2.26. The molecule has 0 spiro atoms. The van der Waals surface area contributed by atoms with Gasteiger partial charge in [-0.15, -0.1) is 0 Å². The second kappa shape index (κ2) is 12.1. The summed E-state index contributed by atoms with van der Waals surface area (Å²) < 4.78 is 28.8. The molecule has 0 fully saturated rings. The first-order valence-corrected chi connectivity index (χ1v) is 15.2. The average Bonchev–Trinajstić information content (AvgIpc) is 3.36. The number of hydrogen-bond donors (Lipinski definition) is 0. The summed E-state index contributed by atoms with van der Waals surface area (Å²) in [6.45, 7) is 9.30. The van der Waals surface area contributed by atoms with Gasteiger partial charge in [0.1, 0.15) is 0 Å². The molecule has 7 nitrogen and oxygen atoms in total. The number of aromatic nitrogens is 2. The fourth-order valence-corrected chi connectivity index (χ4v) is 6.78. The number of amides is 1. The average molecular weight is 551 g/mol. The second-order valence-electron chi connectivity index (χ2n) is 9.47. The summed E-state index contributed by atoms with van der Waals surface area (Å²) in [7, 11) is -3.63. The van der Waals surface area contributed by atoms with Gasteiger partial charge in [0.15, 0.2) is 5.13 Å². The Morgan fingerprint density at radius 2 is 1.79 bits per heavy atom. The van der Waals surface area contributed by atoms with E-state index in [1.165, 1.54) is 27.8 Å². The van der Waals surface area contributed by atoms with Crippen molar-refractivity contribution in [2.45, 2.75) is 57.9 Å². The molecule has 0 N–H and O–H groups in total. The molecule has 0 aliphatic carbocycles. The Morgan fingerprint density at radius 3 is 2.42 bits per heavy atom. The van der Waals surface area contributed by atoms with Gasteiger partial charge < -0.3 is 0 Å². The maximum absolute atomic E-state index is 13.8. The zero-order chi connectivity index (χ0) is 27.3. The second-order valence-corrected chi connectivity index (χ2v) is 12.4. The Balaban J connectivity index is 1.70. The molecule has 4 rings (SSSR count). The quantitative estimate of drug-likeness (QED) is 0.214. The van der Waals surface area contributed by atoms with Crippen LogP contribution in [-0.2, 0) is 16.6 Å². The van der Waals surface area contributed by atoms with Crippen LogP contribution in [0.2, 0.25) is 0 Å². The molecule has 0 saturated carbocycles. The number of hydrogen-bond acceptors (Lipinski definition) is 6. The molecule has 0 aliphatic heterocycles. The minimum atomic E-state index is -3.63. The van der Waals surface area contributed by atoms with Gasteiger partial charge in [-0.25, -0.2) is 13.4 Å². The lowest BCUT2D eigenvalue weighted by Gasteiger charge is -2.21. The van der Waals surface area contributed by atoms with Crippen molar-refractivity contribution in [3.05, 3.63) is 83.7 Å². The van der Waals surface area contributed by atoms with E-state index in [-0.39, 0.29) is 10.8 Å². The Bertz CT molecular complexity index is 1480. The van der Waals surface area contributed by atoms with Crippen LogP contribution in [0.5, 0.6) is 0 Å². The minimum Gasteiger partial charge on any atom is -0.279 e. The molecule has 200 valence electrons. The monoisotopic (exact) mass is 550 g/mol. The lowest BCUT2D eigenvalue weighted by atomic mass is 10.0. The van der Waals surface area contributed by atoms with Gasteiger partial charge in [0.25, 0.3) is 5.91 Å². The number of carbonyl (C=O) groups is 1. The van der Waals surface area contributed by atoms with Crippen LogP contribution < -0.4 is 4.90 Å². The van der Waals surface area contributed by atoms with E-state index >= 15 is 0 Å². The number of thiazole rings is 1. The maximum Gasteiger partial charge on any atom is 0.260 e. The van der Waals surface area contributed by atoms with Crippen molar-refractivity contribution in [3.8, 4) is 0 Å². The summed E-state index contributed by atoms with van der Waals surface area (Å²) >= 11 is 1.47. The van der Waals surface area contributed by atoms with Crippen molar-refractivity contribution in [2.75, 3.05) is 18.0 Å². The predicted molar refractivity (Wildman–Crippen MR) is 154 cm³/mol. The van der Waals surface area contributed by atoms with E-state index in [9.17, 15) is 13.2 Å². The Hall–Kier alpha value is -3.14. The zero-order valence-corrected chi connectivity index (χ0v) is 23.9. The van der Waals surface area contributed by atoms with E-state index in [0.29, 0.717) is 36.2 Å². The van der Waals surface area contributed by atoms with Crippen LogP contribution >= 0.6 is 11.3 Å². The number of rotatable bonds is 11. The van der Waals surface area contributed by atoms with Crippen LogP contribution in [0.15, 0.2) is 71.9 Å². The van der Waals surface area contributed by atoms with E-state index in [1.807, 2.05) is 38.1 Å². The molecule has 0 unspecified atom stereocenters. The van der Waals surface area contributed by atoms with Crippen molar-refractivity contribution >= 4 is 42.6 Å². The summed E-state index contributed by atoms with van der Waals surface area (Å²) in [6, 6.07) is 16.1. The Kier molecular flexibility index (Phi) is 8.91. The van der Waals surface area contributed by atoms with Crippen LogP contribution in [0, 0.1) is 0 Å². The van der Waals surface area contributed by atoms with Gasteiger partial charge in [-0.3, -0.25) is 14.7 Å². The number of unbranched alkanes of at least 4 members (excludes halogenated alkanes) is 1. The van der Waals surface area contributed by atoms with Gasteiger partial charge >= 0.3 is 0 Å². The lowest BCUT2D eigenvalue weighted by Crippen LogP contribution is -2.32.